The van der Waals surface area contributed by atoms with Crippen molar-refractivity contribution < 1.29 is 23.5 Å². The Morgan fingerprint density at radius 2 is 1.95 bits per heavy atom. The van der Waals surface area contributed by atoms with E-state index in [1.54, 1.807) is 12.1 Å². The zero-order valence-corrected chi connectivity index (χ0v) is 24.6. The Morgan fingerprint density at radius 1 is 1.17 bits per heavy atom. The van der Waals surface area contributed by atoms with Crippen molar-refractivity contribution in [3.8, 4) is 17.4 Å². The van der Waals surface area contributed by atoms with E-state index in [1.807, 2.05) is 24.9 Å². The maximum Gasteiger partial charge on any atom is 0.255 e. The predicted molar refractivity (Wildman–Crippen MR) is 156 cm³/mol. The minimum Gasteiger partial charge on any atom is -0.495 e. The third-order valence-corrected chi connectivity index (χ3v) is 7.28. The molecule has 1 aliphatic rings. The van der Waals surface area contributed by atoms with Crippen molar-refractivity contribution in [2.45, 2.75) is 32.0 Å². The van der Waals surface area contributed by atoms with Gasteiger partial charge in [-0.1, -0.05) is 42.3 Å². The standard InChI is InChI=1S/C28H31Cl2FN6O4/c1-5-15-7-6-8-22(24(15)26(39)32-2)41-27-18(30)13-33-28(36-27)35-21-12-17(29)16(11-23(21)40-4)25(38)34-20-9-10-37(3)14-19(20)31/h6-8,11-13,19-20H,5,9-10,14H2,1-4H3,(H,32,39)(H,34,38)(H,33,35,36)/t19-,20+/m1/s1. The molecule has 0 bridgehead atoms. The average molecular weight is 605 g/mol. The molecule has 0 radical (unpaired) electrons. The van der Waals surface area contributed by atoms with Crippen LogP contribution in [0.25, 0.3) is 0 Å². The second-order valence-corrected chi connectivity index (χ2v) is 10.3. The van der Waals surface area contributed by atoms with E-state index in [9.17, 15) is 14.0 Å². The molecule has 0 saturated carbocycles. The fraction of sp³-hybridized carbons (Fsp3) is 0.357. The summed E-state index contributed by atoms with van der Waals surface area (Å²) in [5.41, 5.74) is 1.68. The summed E-state index contributed by atoms with van der Waals surface area (Å²) in [6.07, 6.45) is 1.27. The van der Waals surface area contributed by atoms with Crippen molar-refractivity contribution >= 4 is 46.7 Å². The lowest BCUT2D eigenvalue weighted by molar-refractivity contribution is 0.0821. The number of halogens is 3. The highest BCUT2D eigenvalue weighted by Gasteiger charge is 2.30. The number of nitrogens with zero attached hydrogens (tertiary/aromatic N) is 3. The summed E-state index contributed by atoms with van der Waals surface area (Å²) >= 11 is 12.8. The van der Waals surface area contributed by atoms with Crippen LogP contribution in [-0.4, -0.2) is 73.2 Å². The Bertz CT molecular complexity index is 1440. The highest BCUT2D eigenvalue weighted by Crippen LogP contribution is 2.35. The van der Waals surface area contributed by atoms with Crippen molar-refractivity contribution in [3.05, 3.63) is 63.3 Å². The van der Waals surface area contributed by atoms with Crippen molar-refractivity contribution in [1.29, 1.82) is 0 Å². The van der Waals surface area contributed by atoms with Crippen LogP contribution in [0.1, 0.15) is 39.6 Å². The summed E-state index contributed by atoms with van der Waals surface area (Å²) in [6, 6.07) is 7.61. The molecule has 0 spiro atoms. The second kappa shape index (κ2) is 13.3. The van der Waals surface area contributed by atoms with Gasteiger partial charge in [-0.3, -0.25) is 9.59 Å². The smallest absolute Gasteiger partial charge is 0.255 e. The first-order valence-electron chi connectivity index (χ1n) is 13.0. The first-order chi connectivity index (χ1) is 19.6. The van der Waals surface area contributed by atoms with E-state index < -0.39 is 18.1 Å². The largest absolute Gasteiger partial charge is 0.495 e. The summed E-state index contributed by atoms with van der Waals surface area (Å²) in [5.74, 6) is -0.137. The Kier molecular flexibility index (Phi) is 9.85. The first-order valence-corrected chi connectivity index (χ1v) is 13.7. The number of rotatable bonds is 9. The lowest BCUT2D eigenvalue weighted by Gasteiger charge is -2.32. The van der Waals surface area contributed by atoms with Crippen LogP contribution < -0.4 is 25.4 Å². The van der Waals surface area contributed by atoms with Gasteiger partial charge in [0.1, 0.15) is 22.7 Å². The number of ether oxygens (including phenoxy) is 2. The monoisotopic (exact) mass is 604 g/mol. The maximum atomic E-state index is 14.5. The molecule has 218 valence electrons. The Morgan fingerprint density at radius 3 is 2.63 bits per heavy atom. The zero-order chi connectivity index (χ0) is 29.7. The Labute approximate surface area is 247 Å². The molecule has 1 fully saturated rings. The zero-order valence-electron chi connectivity index (χ0n) is 23.1. The number of hydrogen-bond donors (Lipinski definition) is 3. The third-order valence-electron chi connectivity index (χ3n) is 6.71. The molecular weight excluding hydrogens is 574 g/mol. The van der Waals surface area contributed by atoms with E-state index in [2.05, 4.69) is 25.9 Å². The van der Waals surface area contributed by atoms with Crippen molar-refractivity contribution in [3.63, 3.8) is 0 Å². The molecule has 3 N–H and O–H groups in total. The number of methoxy groups -OCH3 is 1. The number of nitrogens with one attached hydrogen (secondary N) is 3. The average Bonchev–Trinajstić information content (AvgIpc) is 2.95. The highest BCUT2D eigenvalue weighted by molar-refractivity contribution is 6.34. The van der Waals surface area contributed by atoms with E-state index in [1.165, 1.54) is 32.5 Å². The second-order valence-electron chi connectivity index (χ2n) is 9.48. The Balaban J connectivity index is 1.57. The van der Waals surface area contributed by atoms with Gasteiger partial charge in [-0.05, 0) is 43.7 Å². The van der Waals surface area contributed by atoms with E-state index in [0.717, 1.165) is 5.56 Å². The number of carbonyl (C=O) groups excluding carboxylic acids is 2. The SMILES string of the molecule is CCc1cccc(Oc2nc(Nc3cc(Cl)c(C(=O)N[C@H]4CCN(C)C[C@H]4F)cc3OC)ncc2Cl)c1C(=O)NC. The van der Waals surface area contributed by atoms with E-state index >= 15 is 0 Å². The summed E-state index contributed by atoms with van der Waals surface area (Å²) in [6.45, 7) is 2.86. The van der Waals surface area contributed by atoms with E-state index in [4.69, 9.17) is 32.7 Å². The van der Waals surface area contributed by atoms with Crippen LogP contribution in [-0.2, 0) is 6.42 Å². The number of aromatic nitrogens is 2. The number of carbonyl (C=O) groups is 2. The molecule has 13 heteroatoms. The van der Waals surface area contributed by atoms with Crippen molar-refractivity contribution in [2.24, 2.45) is 0 Å². The molecular formula is C28H31Cl2FN6O4. The van der Waals surface area contributed by atoms with Crippen LogP contribution in [0, 0.1) is 0 Å². The molecule has 0 unspecified atom stereocenters. The quantitative estimate of drug-likeness (QED) is 0.311. The van der Waals surface area contributed by atoms with E-state index in [-0.39, 0.29) is 51.4 Å². The van der Waals surface area contributed by atoms with Gasteiger partial charge >= 0.3 is 0 Å². The number of benzene rings is 2. The molecule has 0 aliphatic carbocycles. The minimum absolute atomic E-state index is 0.0162. The van der Waals surface area contributed by atoms with Crippen molar-refractivity contribution in [2.75, 3.05) is 39.6 Å². The van der Waals surface area contributed by atoms with E-state index in [0.29, 0.717) is 30.6 Å². The molecule has 3 aromatic rings. The number of aryl methyl sites for hydroxylation is 1. The van der Waals surface area contributed by atoms with Crippen LogP contribution in [0.2, 0.25) is 10.0 Å². The third kappa shape index (κ3) is 6.98. The van der Waals surface area contributed by atoms with Gasteiger partial charge in [-0.25, -0.2) is 9.37 Å². The van der Waals surface area contributed by atoms with Gasteiger partial charge in [-0.2, -0.15) is 4.98 Å². The van der Waals surface area contributed by atoms with Gasteiger partial charge < -0.3 is 30.3 Å². The summed E-state index contributed by atoms with van der Waals surface area (Å²) in [5, 5.41) is 8.61. The molecule has 2 aromatic carbocycles. The van der Waals surface area contributed by atoms with Crippen LogP contribution in [0.3, 0.4) is 0 Å². The number of anilines is 2. The molecule has 4 rings (SSSR count). The van der Waals surface area contributed by atoms with Gasteiger partial charge in [0, 0.05) is 20.1 Å². The highest BCUT2D eigenvalue weighted by atomic mass is 35.5. The predicted octanol–water partition coefficient (Wildman–Crippen LogP) is 5.02. The van der Waals surface area contributed by atoms with Crippen LogP contribution in [0.4, 0.5) is 16.0 Å². The molecule has 41 heavy (non-hydrogen) atoms. The number of likely N-dealkylation sites (tertiary alicyclic amines) is 1. The lowest BCUT2D eigenvalue weighted by Crippen LogP contribution is -2.51. The van der Waals surface area contributed by atoms with Gasteiger partial charge in [0.05, 0.1) is 41.2 Å². The fourth-order valence-corrected chi connectivity index (χ4v) is 4.89. The lowest BCUT2D eigenvalue weighted by atomic mass is 10.0. The topological polar surface area (TPSA) is 118 Å². The normalized spacial score (nSPS) is 17.0. The molecule has 2 heterocycles. The molecule has 1 saturated heterocycles. The molecule has 10 nitrogen and oxygen atoms in total. The van der Waals surface area contributed by atoms with Crippen LogP contribution >= 0.6 is 23.2 Å². The minimum atomic E-state index is -1.19. The van der Waals surface area contributed by atoms with Gasteiger partial charge in [0.2, 0.25) is 11.8 Å². The van der Waals surface area contributed by atoms with Gasteiger partial charge in [0.15, 0.2) is 0 Å². The summed E-state index contributed by atoms with van der Waals surface area (Å²) < 4.78 is 25.9. The molecule has 2 amide bonds. The number of amides is 2. The van der Waals surface area contributed by atoms with Crippen LogP contribution in [0.15, 0.2) is 36.5 Å². The van der Waals surface area contributed by atoms with Crippen LogP contribution in [0.5, 0.6) is 17.4 Å². The van der Waals surface area contributed by atoms with Gasteiger partial charge in [0.25, 0.3) is 11.8 Å². The summed E-state index contributed by atoms with van der Waals surface area (Å²) in [4.78, 5) is 36.0. The fourth-order valence-electron chi connectivity index (χ4n) is 4.51. The number of hydrogen-bond acceptors (Lipinski definition) is 8. The number of alkyl halides is 1. The summed E-state index contributed by atoms with van der Waals surface area (Å²) in [7, 11) is 4.81. The first kappa shape index (κ1) is 30.3. The molecule has 1 aliphatic heterocycles. The number of piperidine rings is 1. The van der Waals surface area contributed by atoms with Gasteiger partial charge in [-0.15, -0.1) is 0 Å². The maximum absolute atomic E-state index is 14.5. The molecule has 1 aromatic heterocycles. The molecule has 2 atom stereocenters. The van der Waals surface area contributed by atoms with Crippen molar-refractivity contribution in [1.82, 2.24) is 25.5 Å². The Hall–Kier alpha value is -3.67.